The monoisotopic (exact) mass is 725 g/mol. The standard InChI is InChI=1S/C55H51N/c1-54(2)46-19-9-8-15-40(46)44-29-45-41-18-11-17-39(52(41)55(3,4)48(45)31-47(44)54)33-24-26-35(27-25-33)49-30-43(51-50(53(51)56-49)36-12-6-5-7-13-36)34-22-20-32(21-23-34)38-16-10-14-37-28-42(37)38/h5-16,18-20,22,24-27,29-31,37,39,42,44,47,50-51,53H,17,21,23,28H2,1-4H3. The van der Waals surface area contributed by atoms with Gasteiger partial charge in [-0.3, -0.25) is 4.99 Å². The van der Waals surface area contributed by atoms with Gasteiger partial charge in [-0.05, 0) is 127 Å². The van der Waals surface area contributed by atoms with E-state index in [9.17, 15) is 0 Å². The highest BCUT2D eigenvalue weighted by molar-refractivity contribution is 6.10. The molecule has 0 amide bonds. The minimum atomic E-state index is -0.0176. The Bertz CT molecular complexity index is 2550. The number of nitrogens with zero attached hydrogens (tertiary/aromatic N) is 1. The zero-order chi connectivity index (χ0) is 37.5. The van der Waals surface area contributed by atoms with Crippen LogP contribution in [0.2, 0.25) is 0 Å². The van der Waals surface area contributed by atoms with Gasteiger partial charge in [0.25, 0.3) is 0 Å². The summed E-state index contributed by atoms with van der Waals surface area (Å²) in [4.78, 5) is 5.50. The summed E-state index contributed by atoms with van der Waals surface area (Å²) in [7, 11) is 0. The fourth-order valence-corrected chi connectivity index (χ4v) is 12.6. The maximum Gasteiger partial charge on any atom is 0.0657 e. The van der Waals surface area contributed by atoms with Crippen molar-refractivity contribution in [2.24, 2.45) is 34.1 Å². The van der Waals surface area contributed by atoms with E-state index in [1.165, 1.54) is 56.5 Å². The molecule has 1 aliphatic heterocycles. The predicted octanol–water partition coefficient (Wildman–Crippen LogP) is 12.9. The summed E-state index contributed by atoms with van der Waals surface area (Å²) < 4.78 is 0. The lowest BCUT2D eigenvalue weighted by Crippen LogP contribution is -2.28. The Morgan fingerprint density at radius 2 is 1.50 bits per heavy atom. The number of allylic oxidation sites excluding steroid dienone is 17. The van der Waals surface area contributed by atoms with Crippen LogP contribution in [0.25, 0.3) is 0 Å². The normalized spacial score (nSPS) is 33.2. The van der Waals surface area contributed by atoms with Gasteiger partial charge in [-0.25, -0.2) is 0 Å². The Kier molecular flexibility index (Phi) is 6.97. The number of hydrogen-bond acceptors (Lipinski definition) is 1. The van der Waals surface area contributed by atoms with Gasteiger partial charge in [0.2, 0.25) is 0 Å². The van der Waals surface area contributed by atoms with Crippen LogP contribution in [0.15, 0.2) is 189 Å². The molecule has 1 heteroatoms. The lowest BCUT2D eigenvalue weighted by atomic mass is 9.67. The van der Waals surface area contributed by atoms with Crippen LogP contribution in [-0.4, -0.2) is 11.8 Å². The fourth-order valence-electron chi connectivity index (χ4n) is 12.6. The summed E-state index contributed by atoms with van der Waals surface area (Å²) in [6, 6.07) is 30.3. The van der Waals surface area contributed by atoms with E-state index in [0.717, 1.165) is 36.8 Å². The van der Waals surface area contributed by atoms with Gasteiger partial charge in [-0.2, -0.15) is 0 Å². The molecule has 0 radical (unpaired) electrons. The largest absolute Gasteiger partial charge is 0.280 e. The minimum Gasteiger partial charge on any atom is -0.280 e. The molecule has 8 unspecified atom stereocenters. The second-order valence-corrected chi connectivity index (χ2v) is 19.2. The molecule has 12 rings (SSSR count). The van der Waals surface area contributed by atoms with Gasteiger partial charge in [-0.1, -0.05) is 161 Å². The Hall–Kier alpha value is -5.01. The first-order valence-electron chi connectivity index (χ1n) is 21.5. The Morgan fingerprint density at radius 1 is 0.732 bits per heavy atom. The van der Waals surface area contributed by atoms with E-state index in [0.29, 0.717) is 35.6 Å². The molecule has 56 heavy (non-hydrogen) atoms. The summed E-state index contributed by atoms with van der Waals surface area (Å²) in [6.07, 6.45) is 29.3. The average Bonchev–Trinajstić information content (AvgIpc) is 4.15. The molecule has 8 aliphatic carbocycles. The third-order valence-corrected chi connectivity index (χ3v) is 15.6. The van der Waals surface area contributed by atoms with Crippen molar-refractivity contribution in [3.05, 3.63) is 212 Å². The van der Waals surface area contributed by atoms with Crippen LogP contribution in [0.3, 0.4) is 0 Å². The number of benzene rings is 3. The molecule has 3 aromatic carbocycles. The third-order valence-electron chi connectivity index (χ3n) is 15.6. The summed E-state index contributed by atoms with van der Waals surface area (Å²) in [5.41, 5.74) is 20.7. The second-order valence-electron chi connectivity index (χ2n) is 19.2. The van der Waals surface area contributed by atoms with E-state index >= 15 is 0 Å². The molecule has 2 saturated carbocycles. The van der Waals surface area contributed by atoms with Gasteiger partial charge in [0.15, 0.2) is 0 Å². The number of dihydropyridines is 1. The van der Waals surface area contributed by atoms with E-state index in [1.54, 1.807) is 22.3 Å². The quantitative estimate of drug-likeness (QED) is 0.248. The molecule has 0 aromatic heterocycles. The van der Waals surface area contributed by atoms with Crippen LogP contribution in [0.1, 0.15) is 98.9 Å². The van der Waals surface area contributed by atoms with Crippen LogP contribution in [0.5, 0.6) is 0 Å². The van der Waals surface area contributed by atoms with E-state index in [-0.39, 0.29) is 10.8 Å². The van der Waals surface area contributed by atoms with E-state index < -0.39 is 0 Å². The van der Waals surface area contributed by atoms with Gasteiger partial charge >= 0.3 is 0 Å². The second kappa shape index (κ2) is 11.8. The Balaban J connectivity index is 0.873. The van der Waals surface area contributed by atoms with E-state index in [4.69, 9.17) is 4.99 Å². The molecule has 8 atom stereocenters. The third kappa shape index (κ3) is 4.76. The molecule has 0 N–H and O–H groups in total. The lowest BCUT2D eigenvalue weighted by molar-refractivity contribution is 0.384. The van der Waals surface area contributed by atoms with Gasteiger partial charge < -0.3 is 0 Å². The maximum atomic E-state index is 5.50. The predicted molar refractivity (Wildman–Crippen MR) is 231 cm³/mol. The Labute approximate surface area is 333 Å². The zero-order valence-corrected chi connectivity index (χ0v) is 33.2. The highest BCUT2D eigenvalue weighted by Crippen LogP contribution is 2.64. The van der Waals surface area contributed by atoms with Crippen LogP contribution in [0.4, 0.5) is 0 Å². The van der Waals surface area contributed by atoms with Crippen molar-refractivity contribution < 1.29 is 0 Å². The van der Waals surface area contributed by atoms with Crippen LogP contribution in [-0.2, 0) is 5.41 Å². The fraction of sp³-hybridized carbons (Fsp3) is 0.327. The summed E-state index contributed by atoms with van der Waals surface area (Å²) >= 11 is 0. The molecular weight excluding hydrogens is 675 g/mol. The number of hydrogen-bond donors (Lipinski definition) is 0. The summed E-state index contributed by atoms with van der Waals surface area (Å²) in [5.74, 6) is 3.78. The van der Waals surface area contributed by atoms with E-state index in [2.05, 4.69) is 167 Å². The van der Waals surface area contributed by atoms with Crippen molar-refractivity contribution in [2.45, 2.75) is 82.6 Å². The molecule has 0 bridgehead atoms. The van der Waals surface area contributed by atoms with Crippen molar-refractivity contribution >= 4 is 5.71 Å². The Morgan fingerprint density at radius 3 is 2.30 bits per heavy atom. The van der Waals surface area contributed by atoms with Crippen LogP contribution < -0.4 is 0 Å². The molecule has 3 aromatic rings. The molecule has 0 spiro atoms. The molecule has 9 aliphatic rings. The van der Waals surface area contributed by atoms with Gasteiger partial charge in [0, 0.05) is 29.1 Å². The zero-order valence-electron chi connectivity index (χ0n) is 33.2. The maximum absolute atomic E-state index is 5.50. The van der Waals surface area contributed by atoms with Gasteiger partial charge in [0.05, 0.1) is 11.8 Å². The highest BCUT2D eigenvalue weighted by Gasteiger charge is 2.56. The van der Waals surface area contributed by atoms with Gasteiger partial charge in [0.1, 0.15) is 0 Å². The molecular formula is C55H51N. The molecule has 276 valence electrons. The van der Waals surface area contributed by atoms with Crippen molar-refractivity contribution in [3.8, 4) is 0 Å². The van der Waals surface area contributed by atoms with Gasteiger partial charge in [-0.15, -0.1) is 0 Å². The first kappa shape index (κ1) is 33.2. The number of aliphatic imine (C=N–C) groups is 1. The summed E-state index contributed by atoms with van der Waals surface area (Å²) in [5, 5.41) is 0. The van der Waals surface area contributed by atoms with Crippen molar-refractivity contribution in [2.75, 3.05) is 0 Å². The van der Waals surface area contributed by atoms with Crippen molar-refractivity contribution in [1.82, 2.24) is 0 Å². The minimum absolute atomic E-state index is 0.0176. The first-order valence-corrected chi connectivity index (χ1v) is 21.5. The number of fused-ring (bicyclic) bond motifs is 7. The highest BCUT2D eigenvalue weighted by atomic mass is 14.9. The van der Waals surface area contributed by atoms with E-state index in [1.807, 2.05) is 0 Å². The molecule has 1 heterocycles. The first-order chi connectivity index (χ1) is 27.3. The lowest BCUT2D eigenvalue weighted by Gasteiger charge is -2.36. The molecule has 2 fully saturated rings. The topological polar surface area (TPSA) is 12.4 Å². The molecule has 0 saturated heterocycles. The average molecular weight is 726 g/mol. The van der Waals surface area contributed by atoms with Crippen molar-refractivity contribution in [3.63, 3.8) is 0 Å². The van der Waals surface area contributed by atoms with Crippen molar-refractivity contribution in [1.29, 1.82) is 0 Å². The van der Waals surface area contributed by atoms with Crippen LogP contribution >= 0.6 is 0 Å². The van der Waals surface area contributed by atoms with Crippen LogP contribution in [0, 0.1) is 29.1 Å². The smallest absolute Gasteiger partial charge is 0.0657 e. The number of rotatable bonds is 5. The molecule has 1 nitrogen and oxygen atoms in total. The summed E-state index contributed by atoms with van der Waals surface area (Å²) in [6.45, 7) is 9.90. The SMILES string of the molecule is CC1(C)C2=CC3C(C=C2C2=C1C(c1ccc(C4=NC5C(C(C6=CC=C(C7=CC=CC8CC78)CC6)=C4)C5c4ccccc4)cc1)CC=C2)c1ccccc1C3(C)C.